The number of fused-ring (bicyclic) bond motifs is 1. The molecule has 0 radical (unpaired) electrons. The van der Waals surface area contributed by atoms with Gasteiger partial charge < -0.3 is 14.4 Å². The van der Waals surface area contributed by atoms with Crippen molar-refractivity contribution in [1.82, 2.24) is 9.80 Å². The number of benzene rings is 2. The zero-order valence-electron chi connectivity index (χ0n) is 19.8. The number of halogens is 1. The number of rotatable bonds is 4. The summed E-state index contributed by atoms with van der Waals surface area (Å²) in [6, 6.07) is 10.6. The van der Waals surface area contributed by atoms with Gasteiger partial charge in [0.1, 0.15) is 18.1 Å². The lowest BCUT2D eigenvalue weighted by Gasteiger charge is -2.46. The van der Waals surface area contributed by atoms with Gasteiger partial charge in [-0.2, -0.15) is 0 Å². The van der Waals surface area contributed by atoms with E-state index in [1.54, 1.807) is 29.2 Å². The van der Waals surface area contributed by atoms with Gasteiger partial charge in [0.2, 0.25) is 0 Å². The van der Waals surface area contributed by atoms with Crippen LogP contribution < -0.4 is 0 Å². The maximum atomic E-state index is 13.1. The Morgan fingerprint density at radius 3 is 2.53 bits per heavy atom. The molecule has 6 rings (SSSR count). The lowest BCUT2D eigenvalue weighted by Crippen LogP contribution is -2.57. The second kappa shape index (κ2) is 8.36. The molecule has 1 amide bonds. The molecule has 0 aromatic heterocycles. The summed E-state index contributed by atoms with van der Waals surface area (Å²) >= 11 is 6.04. The first-order valence-electron chi connectivity index (χ1n) is 11.8. The van der Waals surface area contributed by atoms with E-state index in [1.165, 1.54) is 0 Å². The quantitative estimate of drug-likeness (QED) is 0.599. The van der Waals surface area contributed by atoms with E-state index in [9.17, 15) is 13.2 Å². The highest BCUT2D eigenvalue weighted by Crippen LogP contribution is 2.56. The highest BCUT2D eigenvalue weighted by Gasteiger charge is 2.62. The summed E-state index contributed by atoms with van der Waals surface area (Å²) in [4.78, 5) is 16.7. The molecular formula is C25H31ClN2O5S. The monoisotopic (exact) mass is 506 g/mol. The number of hydrogen-bond donors (Lipinski definition) is 0. The van der Waals surface area contributed by atoms with Crippen LogP contribution in [0.2, 0.25) is 5.02 Å². The molecule has 4 fully saturated rings. The number of carbonyl (C=O) groups excluding carboxylic acids is 1. The number of ether oxygens (including phenoxy) is 2. The normalized spacial score (nSPS) is 24.4. The fraction of sp³-hybridized carbons (Fsp3) is 0.560. The van der Waals surface area contributed by atoms with Gasteiger partial charge in [-0.25, -0.2) is 13.2 Å². The van der Waals surface area contributed by atoms with Gasteiger partial charge in [-0.3, -0.25) is 4.90 Å². The van der Waals surface area contributed by atoms with Crippen LogP contribution in [0, 0.1) is 5.41 Å². The summed E-state index contributed by atoms with van der Waals surface area (Å²) in [6.07, 6.45) is 2.18. The number of likely N-dealkylation sites (tertiary alicyclic amines) is 1. The number of amides is 1. The van der Waals surface area contributed by atoms with Crippen LogP contribution in [0.25, 0.3) is 10.8 Å². The van der Waals surface area contributed by atoms with E-state index in [-0.39, 0.29) is 29.7 Å². The number of hydrogen-bond acceptors (Lipinski definition) is 6. The first-order chi connectivity index (χ1) is 16.0. The SMILES string of the molecule is CC(C)(C)OC(=O)N1CCC2(CC1)CC1OC2N1CCS(=O)(=O)c1ccc2cc(Cl)ccc2c1. The van der Waals surface area contributed by atoms with E-state index in [4.69, 9.17) is 21.1 Å². The van der Waals surface area contributed by atoms with Crippen molar-refractivity contribution in [3.05, 3.63) is 41.4 Å². The van der Waals surface area contributed by atoms with Crippen molar-refractivity contribution in [2.24, 2.45) is 5.41 Å². The van der Waals surface area contributed by atoms with E-state index < -0.39 is 15.4 Å². The summed E-state index contributed by atoms with van der Waals surface area (Å²) in [5, 5.41) is 2.40. The number of carbonyl (C=O) groups is 1. The van der Waals surface area contributed by atoms with E-state index in [0.29, 0.717) is 29.6 Å². The summed E-state index contributed by atoms with van der Waals surface area (Å²) in [7, 11) is -3.43. The average Bonchev–Trinajstić information content (AvgIpc) is 3.25. The van der Waals surface area contributed by atoms with Crippen LogP contribution in [0.3, 0.4) is 0 Å². The van der Waals surface area contributed by atoms with E-state index in [2.05, 4.69) is 4.90 Å². The molecule has 2 bridgehead atoms. The van der Waals surface area contributed by atoms with Gasteiger partial charge >= 0.3 is 6.09 Å². The van der Waals surface area contributed by atoms with Crippen LogP contribution in [0.1, 0.15) is 40.0 Å². The molecule has 184 valence electrons. The van der Waals surface area contributed by atoms with Gasteiger partial charge in [-0.15, -0.1) is 0 Å². The summed E-state index contributed by atoms with van der Waals surface area (Å²) in [5.41, 5.74) is -0.528. The van der Waals surface area contributed by atoms with Crippen LogP contribution in [0.4, 0.5) is 4.79 Å². The molecular weight excluding hydrogens is 476 g/mol. The number of piperidine rings is 1. The molecule has 0 saturated carbocycles. The molecule has 0 aliphatic carbocycles. The Hall–Kier alpha value is -1.87. The summed E-state index contributed by atoms with van der Waals surface area (Å²) in [5.74, 6) is 0.0442. The van der Waals surface area contributed by atoms with Gasteiger partial charge in [0.15, 0.2) is 9.84 Å². The van der Waals surface area contributed by atoms with Crippen molar-refractivity contribution in [3.63, 3.8) is 0 Å². The van der Waals surface area contributed by atoms with Crippen molar-refractivity contribution in [2.75, 3.05) is 25.4 Å². The summed E-state index contributed by atoms with van der Waals surface area (Å²) in [6.45, 7) is 7.32. The number of nitrogens with zero attached hydrogens (tertiary/aromatic N) is 2. The second-order valence-corrected chi connectivity index (χ2v) is 13.2. The van der Waals surface area contributed by atoms with Crippen molar-refractivity contribution >= 4 is 38.3 Å². The fourth-order valence-electron chi connectivity index (χ4n) is 5.41. The van der Waals surface area contributed by atoms with Gasteiger partial charge in [-0.1, -0.05) is 23.7 Å². The smallest absolute Gasteiger partial charge is 0.410 e. The zero-order valence-corrected chi connectivity index (χ0v) is 21.4. The molecule has 2 aromatic carbocycles. The maximum absolute atomic E-state index is 13.1. The predicted molar refractivity (Wildman–Crippen MR) is 130 cm³/mol. The Balaban J connectivity index is 1.20. The molecule has 2 unspecified atom stereocenters. The van der Waals surface area contributed by atoms with E-state index >= 15 is 0 Å². The van der Waals surface area contributed by atoms with Gasteiger partial charge in [0.05, 0.1) is 10.6 Å². The molecule has 4 aliphatic rings. The Kier molecular flexibility index (Phi) is 5.87. The van der Waals surface area contributed by atoms with Gasteiger partial charge in [0.25, 0.3) is 0 Å². The standard InChI is InChI=1S/C25H31ClN2O5S/c1-24(2,3)33-23(29)27-10-8-25(9-11-27)16-21-28(22(25)32-21)12-13-34(30,31)20-7-5-17-14-19(26)6-4-18(17)15-20/h4-7,14-15,21-22H,8-13,16H2,1-3H3. The van der Waals surface area contributed by atoms with Crippen LogP contribution >= 0.6 is 11.6 Å². The summed E-state index contributed by atoms with van der Waals surface area (Å²) < 4.78 is 37.7. The van der Waals surface area contributed by atoms with E-state index in [1.807, 2.05) is 32.9 Å². The lowest BCUT2D eigenvalue weighted by molar-refractivity contribution is -0.254. The minimum Gasteiger partial charge on any atom is -0.444 e. The third-order valence-corrected chi connectivity index (χ3v) is 9.15. The van der Waals surface area contributed by atoms with Crippen molar-refractivity contribution in [3.8, 4) is 0 Å². The maximum Gasteiger partial charge on any atom is 0.410 e. The predicted octanol–water partition coefficient (Wildman–Crippen LogP) is 4.67. The van der Waals surface area contributed by atoms with Crippen LogP contribution in [0.5, 0.6) is 0 Å². The molecule has 2 atom stereocenters. The Morgan fingerprint density at radius 2 is 1.82 bits per heavy atom. The van der Waals surface area contributed by atoms with Crippen molar-refractivity contribution < 1.29 is 22.7 Å². The molecule has 0 N–H and O–H groups in total. The van der Waals surface area contributed by atoms with Crippen LogP contribution in [-0.4, -0.2) is 67.8 Å². The fourth-order valence-corrected chi connectivity index (χ4v) is 6.86. The Bertz CT molecular complexity index is 1220. The van der Waals surface area contributed by atoms with Crippen molar-refractivity contribution in [1.29, 1.82) is 0 Å². The largest absolute Gasteiger partial charge is 0.444 e. The van der Waals surface area contributed by atoms with Crippen LogP contribution in [0.15, 0.2) is 41.3 Å². The highest BCUT2D eigenvalue weighted by atomic mass is 35.5. The zero-order chi connectivity index (χ0) is 24.3. The molecule has 2 aromatic rings. The first kappa shape index (κ1) is 23.9. The second-order valence-electron chi connectivity index (χ2n) is 10.7. The lowest BCUT2D eigenvalue weighted by atomic mass is 9.77. The molecule has 1 spiro atoms. The molecule has 9 heteroatoms. The van der Waals surface area contributed by atoms with Gasteiger partial charge in [-0.05, 0) is 75.1 Å². The minimum absolute atomic E-state index is 0.0187. The topological polar surface area (TPSA) is 76.2 Å². The molecule has 4 aliphatic heterocycles. The number of sulfone groups is 1. The third kappa shape index (κ3) is 4.41. The van der Waals surface area contributed by atoms with Gasteiger partial charge in [0, 0.05) is 30.1 Å². The Labute approximate surface area is 205 Å². The highest BCUT2D eigenvalue weighted by molar-refractivity contribution is 7.91. The average molecular weight is 507 g/mol. The van der Waals surface area contributed by atoms with E-state index in [0.717, 1.165) is 30.0 Å². The molecule has 4 heterocycles. The van der Waals surface area contributed by atoms with Crippen molar-refractivity contribution in [2.45, 2.75) is 63.0 Å². The van der Waals surface area contributed by atoms with Crippen LogP contribution in [-0.2, 0) is 19.3 Å². The third-order valence-electron chi connectivity index (χ3n) is 7.22. The minimum atomic E-state index is -3.43. The molecule has 7 nitrogen and oxygen atoms in total. The molecule has 4 saturated heterocycles. The Morgan fingerprint density at radius 1 is 1.15 bits per heavy atom. The molecule has 34 heavy (non-hydrogen) atoms. The first-order valence-corrected chi connectivity index (χ1v) is 13.8.